The molecule has 2 fully saturated rings. The van der Waals surface area contributed by atoms with E-state index in [0.717, 1.165) is 27.8 Å². The summed E-state index contributed by atoms with van der Waals surface area (Å²) in [4.78, 5) is 9.97. The van der Waals surface area contributed by atoms with Gasteiger partial charge in [0, 0.05) is 31.6 Å². The molecule has 0 bridgehead atoms. The Bertz CT molecular complexity index is 1240. The summed E-state index contributed by atoms with van der Waals surface area (Å²) in [6, 6.07) is 5.00. The average molecular weight is 470 g/mol. The zero-order valence-corrected chi connectivity index (χ0v) is 17.7. The maximum Gasteiger partial charge on any atom is 0.255 e. The number of benzene rings is 1. The van der Waals surface area contributed by atoms with Crippen molar-refractivity contribution >= 4 is 38.2 Å². The van der Waals surface area contributed by atoms with Crippen LogP contribution in [0, 0.1) is 11.6 Å². The van der Waals surface area contributed by atoms with E-state index >= 15 is 4.39 Å². The summed E-state index contributed by atoms with van der Waals surface area (Å²) in [7, 11) is -3.89. The Hall–Kier alpha value is -2.28. The fourth-order valence-electron chi connectivity index (χ4n) is 4.09. The Kier molecular flexibility index (Phi) is 4.92. The van der Waals surface area contributed by atoms with E-state index in [1.807, 2.05) is 0 Å². The molecule has 3 aromatic rings. The van der Waals surface area contributed by atoms with E-state index in [-0.39, 0.29) is 47.9 Å². The lowest BCUT2D eigenvalue weighted by molar-refractivity contribution is -0.116. The summed E-state index contributed by atoms with van der Waals surface area (Å²) in [5, 5.41) is 1.65. The van der Waals surface area contributed by atoms with Crippen LogP contribution in [0.4, 0.5) is 19.0 Å². The van der Waals surface area contributed by atoms with Gasteiger partial charge in [-0.15, -0.1) is 11.3 Å². The Morgan fingerprint density at radius 2 is 1.97 bits per heavy atom. The molecule has 31 heavy (non-hydrogen) atoms. The molecule has 164 valence electrons. The molecule has 2 aromatic heterocycles. The zero-order chi connectivity index (χ0) is 21.8. The van der Waals surface area contributed by atoms with Crippen molar-refractivity contribution in [3.05, 3.63) is 47.5 Å². The molecule has 2 saturated heterocycles. The molecule has 0 unspecified atom stereocenters. The number of hydrogen-bond acceptors (Lipinski definition) is 7. The van der Waals surface area contributed by atoms with Gasteiger partial charge in [0.05, 0.1) is 30.4 Å². The lowest BCUT2D eigenvalue weighted by Crippen LogP contribution is -2.62. The number of piperidine rings is 1. The van der Waals surface area contributed by atoms with Crippen LogP contribution in [0.3, 0.4) is 0 Å². The van der Waals surface area contributed by atoms with Gasteiger partial charge in [0.1, 0.15) is 10.0 Å². The molecule has 12 heteroatoms. The second kappa shape index (κ2) is 7.40. The highest BCUT2D eigenvalue weighted by atomic mass is 32.2. The van der Waals surface area contributed by atoms with Crippen LogP contribution < -0.4 is 4.90 Å². The number of ether oxygens (including phenoxy) is 1. The summed E-state index contributed by atoms with van der Waals surface area (Å²) in [6.07, 6.45) is -0.211. The molecular formula is C19H17F3N4O3S2. The summed E-state index contributed by atoms with van der Waals surface area (Å²) in [5.41, 5.74) is -1.26. The standard InChI is InChI=1S/C19H17F3N4O3S2/c20-12-8-14-15(9-13(12)21)24-17(10-23-14)25-4-3-19(16(22)11-25)26(5-6-29-19)31(27,28)18-2-1-7-30-18/h1-2,7-10,16H,3-6,11H2/t16-,19-/m0/s1. The van der Waals surface area contributed by atoms with Crippen molar-refractivity contribution in [2.45, 2.75) is 22.5 Å². The molecule has 2 aliphatic rings. The number of hydrogen-bond donors (Lipinski definition) is 0. The minimum atomic E-state index is -3.89. The van der Waals surface area contributed by atoms with E-state index in [1.54, 1.807) is 16.3 Å². The van der Waals surface area contributed by atoms with Crippen molar-refractivity contribution in [1.29, 1.82) is 0 Å². The maximum atomic E-state index is 15.5. The van der Waals surface area contributed by atoms with Gasteiger partial charge in [-0.2, -0.15) is 4.31 Å². The minimum absolute atomic E-state index is 0.0707. The molecule has 0 aliphatic carbocycles. The Balaban J connectivity index is 1.42. The monoisotopic (exact) mass is 470 g/mol. The van der Waals surface area contributed by atoms with E-state index in [9.17, 15) is 17.2 Å². The maximum absolute atomic E-state index is 15.5. The van der Waals surface area contributed by atoms with Gasteiger partial charge in [-0.1, -0.05) is 6.07 Å². The van der Waals surface area contributed by atoms with E-state index in [0.29, 0.717) is 5.82 Å². The molecule has 0 radical (unpaired) electrons. The quantitative estimate of drug-likeness (QED) is 0.586. The van der Waals surface area contributed by atoms with E-state index < -0.39 is 33.6 Å². The predicted octanol–water partition coefficient (Wildman–Crippen LogP) is 2.94. The van der Waals surface area contributed by atoms with Crippen molar-refractivity contribution in [3.8, 4) is 0 Å². The van der Waals surface area contributed by atoms with Gasteiger partial charge >= 0.3 is 0 Å². The fraction of sp³-hybridized carbons (Fsp3) is 0.368. The molecule has 0 saturated carbocycles. The first-order chi connectivity index (χ1) is 14.8. The molecule has 5 rings (SSSR count). The van der Waals surface area contributed by atoms with E-state index in [2.05, 4.69) is 9.97 Å². The third-order valence-electron chi connectivity index (χ3n) is 5.61. The topological polar surface area (TPSA) is 75.6 Å². The van der Waals surface area contributed by atoms with Crippen LogP contribution in [0.25, 0.3) is 11.0 Å². The second-order valence-corrected chi connectivity index (χ2v) is 10.4. The average Bonchev–Trinajstić information content (AvgIpc) is 3.42. The van der Waals surface area contributed by atoms with Crippen molar-refractivity contribution in [3.63, 3.8) is 0 Å². The Morgan fingerprint density at radius 3 is 2.68 bits per heavy atom. The van der Waals surface area contributed by atoms with Crippen LogP contribution in [-0.4, -0.2) is 60.8 Å². The van der Waals surface area contributed by atoms with Gasteiger partial charge in [-0.3, -0.25) is 4.98 Å². The summed E-state index contributed by atoms with van der Waals surface area (Å²) in [6.45, 7) is 0.244. The van der Waals surface area contributed by atoms with Crippen LogP contribution >= 0.6 is 11.3 Å². The van der Waals surface area contributed by atoms with Crippen LogP contribution in [0.15, 0.2) is 40.1 Å². The summed E-state index contributed by atoms with van der Waals surface area (Å²) in [5.74, 6) is -1.78. The highest BCUT2D eigenvalue weighted by Crippen LogP contribution is 2.41. The lowest BCUT2D eigenvalue weighted by Gasteiger charge is -2.45. The molecule has 2 aliphatic heterocycles. The first kappa shape index (κ1) is 20.6. The second-order valence-electron chi connectivity index (χ2n) is 7.35. The van der Waals surface area contributed by atoms with Crippen LogP contribution in [-0.2, 0) is 14.8 Å². The van der Waals surface area contributed by atoms with Crippen LogP contribution in [0.5, 0.6) is 0 Å². The van der Waals surface area contributed by atoms with E-state index in [1.165, 1.54) is 12.3 Å². The van der Waals surface area contributed by atoms with Crippen molar-refractivity contribution < 1.29 is 26.3 Å². The van der Waals surface area contributed by atoms with Gasteiger partial charge in [0.25, 0.3) is 10.0 Å². The number of anilines is 1. The Labute approximate surface area is 180 Å². The molecule has 4 heterocycles. The number of fused-ring (bicyclic) bond motifs is 1. The van der Waals surface area contributed by atoms with Gasteiger partial charge in [-0.05, 0) is 11.4 Å². The number of halogens is 3. The van der Waals surface area contributed by atoms with Gasteiger partial charge in [-0.25, -0.2) is 26.6 Å². The molecular weight excluding hydrogens is 453 g/mol. The first-order valence-electron chi connectivity index (χ1n) is 9.52. The molecule has 2 atom stereocenters. The molecule has 0 N–H and O–H groups in total. The highest BCUT2D eigenvalue weighted by molar-refractivity contribution is 7.91. The molecule has 1 spiro atoms. The van der Waals surface area contributed by atoms with Crippen molar-refractivity contribution in [2.24, 2.45) is 0 Å². The smallest absolute Gasteiger partial charge is 0.255 e. The number of nitrogens with zero attached hydrogens (tertiary/aromatic N) is 4. The van der Waals surface area contributed by atoms with Gasteiger partial charge in [0.15, 0.2) is 23.5 Å². The SMILES string of the molecule is O=S(=O)(c1cccs1)N1CCO[C@]12CCN(c1cnc3cc(F)c(F)cc3n1)C[C@@H]2F. The number of aromatic nitrogens is 2. The number of sulfonamides is 1. The molecule has 7 nitrogen and oxygen atoms in total. The van der Waals surface area contributed by atoms with Gasteiger partial charge < -0.3 is 9.64 Å². The summed E-state index contributed by atoms with van der Waals surface area (Å²) < 4.78 is 75.5. The first-order valence-corrected chi connectivity index (χ1v) is 11.8. The summed E-state index contributed by atoms with van der Waals surface area (Å²) >= 11 is 1.07. The fourth-order valence-corrected chi connectivity index (χ4v) is 6.91. The third kappa shape index (κ3) is 3.28. The number of alkyl halides is 1. The number of rotatable bonds is 3. The third-order valence-corrected chi connectivity index (χ3v) is 8.91. The van der Waals surface area contributed by atoms with Crippen molar-refractivity contribution in [2.75, 3.05) is 31.1 Å². The largest absolute Gasteiger partial charge is 0.355 e. The van der Waals surface area contributed by atoms with Crippen LogP contribution in [0.2, 0.25) is 0 Å². The van der Waals surface area contributed by atoms with Crippen LogP contribution in [0.1, 0.15) is 6.42 Å². The molecule has 1 aromatic carbocycles. The highest BCUT2D eigenvalue weighted by Gasteiger charge is 2.57. The Morgan fingerprint density at radius 1 is 1.19 bits per heavy atom. The number of thiophene rings is 1. The minimum Gasteiger partial charge on any atom is -0.355 e. The van der Waals surface area contributed by atoms with Gasteiger partial charge in [0.2, 0.25) is 0 Å². The van der Waals surface area contributed by atoms with E-state index in [4.69, 9.17) is 4.74 Å². The lowest BCUT2D eigenvalue weighted by atomic mass is 9.98. The predicted molar refractivity (Wildman–Crippen MR) is 108 cm³/mol. The normalized spacial score (nSPS) is 25.0. The molecule has 0 amide bonds. The van der Waals surface area contributed by atoms with Crippen molar-refractivity contribution in [1.82, 2.24) is 14.3 Å². The zero-order valence-electron chi connectivity index (χ0n) is 16.0.